The fraction of sp³-hybridized carbons (Fsp3) is 0.350. The predicted molar refractivity (Wildman–Crippen MR) is 95.5 cm³/mol. The molecule has 0 aliphatic carbocycles. The van der Waals surface area contributed by atoms with Gasteiger partial charge in [-0.05, 0) is 31.9 Å². The summed E-state index contributed by atoms with van der Waals surface area (Å²) in [5.74, 6) is 0. The second-order valence-corrected chi connectivity index (χ2v) is 6.40. The summed E-state index contributed by atoms with van der Waals surface area (Å²) in [6.07, 6.45) is 2.17. The predicted octanol–water partition coefficient (Wildman–Crippen LogP) is 3.21. The first kappa shape index (κ1) is 15.8. The molecule has 0 saturated carbocycles. The van der Waals surface area contributed by atoms with Gasteiger partial charge in [0.2, 0.25) is 6.34 Å². The highest BCUT2D eigenvalue weighted by atomic mass is 16.3. The third kappa shape index (κ3) is 3.15. The van der Waals surface area contributed by atoms with Gasteiger partial charge in [0.1, 0.15) is 18.8 Å². The Morgan fingerprint density at radius 3 is 2.35 bits per heavy atom. The maximum absolute atomic E-state index is 9.41. The highest BCUT2D eigenvalue weighted by molar-refractivity contribution is 5.81. The third-order valence-electron chi connectivity index (χ3n) is 4.52. The average Bonchev–Trinajstić information content (AvgIpc) is 2.91. The molecule has 0 radical (unpaired) electrons. The molecule has 23 heavy (non-hydrogen) atoms. The van der Waals surface area contributed by atoms with Crippen LogP contribution in [0.2, 0.25) is 0 Å². The Labute approximate surface area is 138 Å². The zero-order valence-corrected chi connectivity index (χ0v) is 14.2. The molecule has 3 heteroatoms. The molecule has 1 heterocycles. The van der Waals surface area contributed by atoms with E-state index in [1.54, 1.807) is 0 Å². The first-order valence-corrected chi connectivity index (χ1v) is 8.21. The largest absolute Gasteiger partial charge is 0.392 e. The van der Waals surface area contributed by atoms with Crippen LogP contribution in [0.5, 0.6) is 0 Å². The number of hydrogen-bond donors (Lipinski definition) is 1. The van der Waals surface area contributed by atoms with Crippen LogP contribution in [0.15, 0.2) is 42.5 Å². The number of aliphatic hydroxyl groups is 1. The van der Waals surface area contributed by atoms with Crippen LogP contribution >= 0.6 is 0 Å². The van der Waals surface area contributed by atoms with Crippen molar-refractivity contribution in [1.82, 2.24) is 0 Å². The van der Waals surface area contributed by atoms with E-state index in [0.29, 0.717) is 6.54 Å². The van der Waals surface area contributed by atoms with Gasteiger partial charge >= 0.3 is 0 Å². The van der Waals surface area contributed by atoms with E-state index >= 15 is 0 Å². The van der Waals surface area contributed by atoms with Crippen LogP contribution in [-0.2, 0) is 0 Å². The summed E-state index contributed by atoms with van der Waals surface area (Å²) >= 11 is 0. The second-order valence-electron chi connectivity index (χ2n) is 6.40. The zero-order chi connectivity index (χ0) is 16.4. The number of anilines is 1. The van der Waals surface area contributed by atoms with Crippen LogP contribution in [-0.4, -0.2) is 35.7 Å². The van der Waals surface area contributed by atoms with Crippen LogP contribution in [0.3, 0.4) is 0 Å². The minimum atomic E-state index is 0.166. The number of hydrogen-bond acceptors (Lipinski definition) is 2. The summed E-state index contributed by atoms with van der Waals surface area (Å²) in [7, 11) is 0. The van der Waals surface area contributed by atoms with Crippen LogP contribution < -0.4 is 4.90 Å². The number of β-amino-alcohol motifs (C(OH)–C–C–N with tert-alkyl or cyclic N) is 1. The zero-order valence-electron chi connectivity index (χ0n) is 14.2. The molecular weight excluding hydrogens is 284 g/mol. The number of rotatable bonds is 4. The topological polar surface area (TPSA) is 26.5 Å². The van der Waals surface area contributed by atoms with E-state index in [1.165, 1.54) is 27.9 Å². The van der Waals surface area contributed by atoms with E-state index < -0.39 is 0 Å². The van der Waals surface area contributed by atoms with Crippen molar-refractivity contribution in [2.75, 3.05) is 24.6 Å². The molecule has 0 spiro atoms. The number of aryl methyl sites for hydroxylation is 3. The van der Waals surface area contributed by atoms with Gasteiger partial charge in [0.25, 0.3) is 0 Å². The second kappa shape index (κ2) is 6.55. The van der Waals surface area contributed by atoms with Crippen molar-refractivity contribution in [2.24, 2.45) is 0 Å². The minimum absolute atomic E-state index is 0.166. The smallest absolute Gasteiger partial charge is 0.240 e. The molecule has 3 rings (SSSR count). The molecule has 0 bridgehead atoms. The van der Waals surface area contributed by atoms with Crippen molar-refractivity contribution in [3.8, 4) is 0 Å². The minimum Gasteiger partial charge on any atom is -0.392 e. The monoisotopic (exact) mass is 309 g/mol. The van der Waals surface area contributed by atoms with Crippen LogP contribution in [0.1, 0.15) is 28.3 Å². The molecule has 0 saturated heterocycles. The number of aliphatic hydroxyl groups excluding tert-OH is 1. The van der Waals surface area contributed by atoms with Gasteiger partial charge in [-0.1, -0.05) is 48.0 Å². The molecule has 1 atom stereocenters. The molecule has 0 unspecified atom stereocenters. The molecular formula is C20H25N2O+. The average molecular weight is 309 g/mol. The van der Waals surface area contributed by atoms with E-state index in [-0.39, 0.29) is 12.6 Å². The van der Waals surface area contributed by atoms with Crippen LogP contribution in [0.4, 0.5) is 5.69 Å². The molecule has 0 amide bonds. The SMILES string of the molecule is Cc1cc(C)c(N2C=[N+](CCO)[C@@H](c3ccccc3)C2)c(C)c1. The Morgan fingerprint density at radius 2 is 1.74 bits per heavy atom. The summed E-state index contributed by atoms with van der Waals surface area (Å²) in [5.41, 5.74) is 6.49. The van der Waals surface area contributed by atoms with Gasteiger partial charge in [0.05, 0.1) is 6.61 Å². The number of benzene rings is 2. The van der Waals surface area contributed by atoms with Crippen LogP contribution in [0, 0.1) is 20.8 Å². The highest BCUT2D eigenvalue weighted by Crippen LogP contribution is 2.31. The van der Waals surface area contributed by atoms with Crippen molar-refractivity contribution in [2.45, 2.75) is 26.8 Å². The molecule has 1 N–H and O–H groups in total. The fourth-order valence-corrected chi connectivity index (χ4v) is 3.67. The molecule has 1 aliphatic rings. The van der Waals surface area contributed by atoms with Crippen molar-refractivity contribution in [3.63, 3.8) is 0 Å². The highest BCUT2D eigenvalue weighted by Gasteiger charge is 2.34. The molecule has 0 aromatic heterocycles. The molecule has 2 aromatic rings. The Morgan fingerprint density at radius 1 is 1.09 bits per heavy atom. The van der Waals surface area contributed by atoms with Gasteiger partial charge < -0.3 is 5.11 Å². The van der Waals surface area contributed by atoms with Crippen molar-refractivity contribution in [1.29, 1.82) is 0 Å². The molecule has 2 aromatic carbocycles. The molecule has 0 fully saturated rings. The lowest BCUT2D eigenvalue weighted by Gasteiger charge is -2.16. The fourth-order valence-electron chi connectivity index (χ4n) is 3.67. The van der Waals surface area contributed by atoms with E-state index in [0.717, 1.165) is 6.54 Å². The van der Waals surface area contributed by atoms with E-state index in [9.17, 15) is 5.11 Å². The van der Waals surface area contributed by atoms with E-state index in [2.05, 4.69) is 73.0 Å². The van der Waals surface area contributed by atoms with E-state index in [1.807, 2.05) is 6.07 Å². The van der Waals surface area contributed by atoms with E-state index in [4.69, 9.17) is 0 Å². The quantitative estimate of drug-likeness (QED) is 0.878. The Balaban J connectivity index is 1.97. The summed E-state index contributed by atoms with van der Waals surface area (Å²) in [5, 5.41) is 9.41. The van der Waals surface area contributed by atoms with Gasteiger partial charge in [0, 0.05) is 5.56 Å². The van der Waals surface area contributed by atoms with Gasteiger partial charge in [-0.15, -0.1) is 0 Å². The number of nitrogens with zero attached hydrogens (tertiary/aromatic N) is 2. The lowest BCUT2D eigenvalue weighted by molar-refractivity contribution is -0.559. The summed E-state index contributed by atoms with van der Waals surface area (Å²) in [6, 6.07) is 15.3. The summed E-state index contributed by atoms with van der Waals surface area (Å²) in [4.78, 5) is 2.33. The Kier molecular flexibility index (Phi) is 4.49. The lowest BCUT2D eigenvalue weighted by Crippen LogP contribution is -2.22. The Hall–Kier alpha value is -2.13. The Bertz CT molecular complexity index is 699. The molecule has 3 nitrogen and oxygen atoms in total. The van der Waals surface area contributed by atoms with Crippen molar-refractivity contribution in [3.05, 3.63) is 64.7 Å². The van der Waals surface area contributed by atoms with Crippen LogP contribution in [0.25, 0.3) is 0 Å². The van der Waals surface area contributed by atoms with Gasteiger partial charge in [-0.2, -0.15) is 0 Å². The molecule has 120 valence electrons. The lowest BCUT2D eigenvalue weighted by atomic mass is 10.0. The van der Waals surface area contributed by atoms with Crippen molar-refractivity contribution >= 4 is 12.0 Å². The summed E-state index contributed by atoms with van der Waals surface area (Å²) in [6.45, 7) is 8.22. The van der Waals surface area contributed by atoms with Crippen molar-refractivity contribution < 1.29 is 9.68 Å². The molecule has 1 aliphatic heterocycles. The maximum Gasteiger partial charge on any atom is 0.240 e. The first-order chi connectivity index (χ1) is 11.1. The summed E-state index contributed by atoms with van der Waals surface area (Å²) < 4.78 is 2.24. The third-order valence-corrected chi connectivity index (χ3v) is 4.52. The van der Waals surface area contributed by atoms with Gasteiger partial charge in [-0.25, -0.2) is 4.90 Å². The standard InChI is InChI=1S/C20H25N2O/c1-15-11-16(2)20(17(3)12-15)22-13-19(21(14-22)9-10-23)18-7-5-4-6-8-18/h4-8,11-12,14,19,23H,9-10,13H2,1-3H3/q+1/t19-/m1/s1. The first-order valence-electron chi connectivity index (χ1n) is 8.21. The van der Waals surface area contributed by atoms with Gasteiger partial charge in [0.15, 0.2) is 6.04 Å². The van der Waals surface area contributed by atoms with Gasteiger partial charge in [-0.3, -0.25) is 4.58 Å². The maximum atomic E-state index is 9.41. The normalized spacial score (nSPS) is 17.5.